The van der Waals surface area contributed by atoms with Crippen LogP contribution < -0.4 is 4.57 Å². The molecule has 2 heteroatoms. The van der Waals surface area contributed by atoms with Gasteiger partial charge >= 0.3 is 0 Å². The molecule has 3 heterocycles. The molecule has 0 fully saturated rings. The highest BCUT2D eigenvalue weighted by Crippen LogP contribution is 2.47. The molecule has 184 valence electrons. The van der Waals surface area contributed by atoms with Crippen molar-refractivity contribution < 1.29 is 4.57 Å². The highest BCUT2D eigenvalue weighted by Gasteiger charge is 2.29. The van der Waals surface area contributed by atoms with Gasteiger partial charge in [0, 0.05) is 16.8 Å². The van der Waals surface area contributed by atoms with E-state index in [4.69, 9.17) is 0 Å². The third-order valence-corrected chi connectivity index (χ3v) is 8.41. The summed E-state index contributed by atoms with van der Waals surface area (Å²) in [6, 6.07) is 22.9. The minimum Gasteiger partial charge on any atom is -0.307 e. The Morgan fingerprint density at radius 3 is 2.19 bits per heavy atom. The van der Waals surface area contributed by atoms with Gasteiger partial charge in [0.25, 0.3) is 0 Å². The standard InChI is InChI=1S/C35H35N2/c1-20(2)26-18-22-16-17-36(7)33-29-21(3)23-12-8-9-13-24(23)27(19-35(4,5)6)32(29)37-28-15-11-10-14-25(28)31(26)34(37)30(22)33/h8-18,20H,19H2,1-7H3/q+1. The van der Waals surface area contributed by atoms with Crippen molar-refractivity contribution in [2.75, 3.05) is 0 Å². The monoisotopic (exact) mass is 483 g/mol. The van der Waals surface area contributed by atoms with Gasteiger partial charge in [0.05, 0.1) is 27.3 Å². The molecule has 0 spiro atoms. The number of hydrogen-bond donors (Lipinski definition) is 0. The zero-order chi connectivity index (χ0) is 25.8. The molecule has 7 aromatic rings. The molecule has 0 aliphatic heterocycles. The predicted octanol–water partition coefficient (Wildman–Crippen LogP) is 8.99. The summed E-state index contributed by atoms with van der Waals surface area (Å²) < 4.78 is 5.00. The highest BCUT2D eigenvalue weighted by atomic mass is 15.0. The van der Waals surface area contributed by atoms with E-state index in [2.05, 4.69) is 124 Å². The fraction of sp³-hybridized carbons (Fsp3) is 0.286. The first-order valence-corrected chi connectivity index (χ1v) is 13.6. The second-order valence-electron chi connectivity index (χ2n) is 12.5. The van der Waals surface area contributed by atoms with E-state index >= 15 is 0 Å². The number of fused-ring (bicyclic) bond motifs is 7. The lowest BCUT2D eigenvalue weighted by molar-refractivity contribution is -0.643. The molecule has 7 rings (SSSR count). The van der Waals surface area contributed by atoms with Crippen LogP contribution in [0.1, 0.15) is 57.2 Å². The largest absolute Gasteiger partial charge is 0.307 e. The van der Waals surface area contributed by atoms with Crippen LogP contribution in [0.4, 0.5) is 0 Å². The van der Waals surface area contributed by atoms with Crippen molar-refractivity contribution >= 4 is 59.8 Å². The molecule has 3 aromatic heterocycles. The Labute approximate surface area is 218 Å². The van der Waals surface area contributed by atoms with Crippen LogP contribution in [0.25, 0.3) is 59.8 Å². The van der Waals surface area contributed by atoms with E-state index in [-0.39, 0.29) is 5.41 Å². The minimum atomic E-state index is 0.155. The molecule has 0 bridgehead atoms. The lowest BCUT2D eigenvalue weighted by atomic mass is 9.83. The Hall–Kier alpha value is -3.65. The van der Waals surface area contributed by atoms with Crippen LogP contribution in [0.5, 0.6) is 0 Å². The van der Waals surface area contributed by atoms with Crippen molar-refractivity contribution in [3.63, 3.8) is 0 Å². The van der Waals surface area contributed by atoms with Gasteiger partial charge in [-0.05, 0) is 69.7 Å². The number of nitrogens with zero attached hydrogens (tertiary/aromatic N) is 2. The normalized spacial score (nSPS) is 13.1. The molecule has 0 radical (unpaired) electrons. The van der Waals surface area contributed by atoms with Crippen LogP contribution >= 0.6 is 0 Å². The van der Waals surface area contributed by atoms with E-state index in [0.29, 0.717) is 5.92 Å². The second kappa shape index (κ2) is 7.44. The van der Waals surface area contributed by atoms with Gasteiger partial charge in [-0.3, -0.25) is 0 Å². The van der Waals surface area contributed by atoms with Crippen LogP contribution in [0, 0.1) is 12.3 Å². The van der Waals surface area contributed by atoms with E-state index in [1.165, 1.54) is 76.5 Å². The fourth-order valence-corrected chi connectivity index (χ4v) is 6.94. The second-order valence-corrected chi connectivity index (χ2v) is 12.5. The molecule has 0 aliphatic rings. The van der Waals surface area contributed by atoms with Gasteiger partial charge in [-0.15, -0.1) is 0 Å². The van der Waals surface area contributed by atoms with Gasteiger partial charge in [-0.25, -0.2) is 4.57 Å². The Balaban J connectivity index is 1.95. The Morgan fingerprint density at radius 1 is 0.811 bits per heavy atom. The summed E-state index contributed by atoms with van der Waals surface area (Å²) in [5.41, 5.74) is 9.86. The first-order valence-electron chi connectivity index (χ1n) is 13.6. The van der Waals surface area contributed by atoms with Gasteiger partial charge in [-0.2, -0.15) is 0 Å². The Morgan fingerprint density at radius 2 is 1.49 bits per heavy atom. The maximum Gasteiger partial charge on any atom is 0.224 e. The van der Waals surface area contributed by atoms with Crippen LogP contribution in [0.3, 0.4) is 0 Å². The summed E-state index contributed by atoms with van der Waals surface area (Å²) >= 11 is 0. The third kappa shape index (κ3) is 2.96. The molecule has 2 nitrogen and oxygen atoms in total. The summed E-state index contributed by atoms with van der Waals surface area (Å²) in [6.07, 6.45) is 3.27. The lowest BCUT2D eigenvalue weighted by Gasteiger charge is -2.24. The topological polar surface area (TPSA) is 8.29 Å². The van der Waals surface area contributed by atoms with Gasteiger partial charge in [-0.1, -0.05) is 77.1 Å². The Kier molecular flexibility index (Phi) is 4.54. The maximum atomic E-state index is 2.64. The summed E-state index contributed by atoms with van der Waals surface area (Å²) in [7, 11) is 2.22. The van der Waals surface area contributed by atoms with Crippen LogP contribution in [-0.4, -0.2) is 4.40 Å². The van der Waals surface area contributed by atoms with Crippen LogP contribution in [-0.2, 0) is 13.5 Å². The van der Waals surface area contributed by atoms with Gasteiger partial charge in [0.2, 0.25) is 5.52 Å². The predicted molar refractivity (Wildman–Crippen MR) is 159 cm³/mol. The Bertz CT molecular complexity index is 2030. The fourth-order valence-electron chi connectivity index (χ4n) is 6.94. The molecule has 0 aliphatic carbocycles. The number of pyridine rings is 2. The van der Waals surface area contributed by atoms with Crippen LogP contribution in [0.2, 0.25) is 0 Å². The van der Waals surface area contributed by atoms with Crippen molar-refractivity contribution in [2.45, 2.75) is 53.9 Å². The molecule has 0 atom stereocenters. The molecule has 0 amide bonds. The van der Waals surface area contributed by atoms with Crippen molar-refractivity contribution in [1.29, 1.82) is 0 Å². The van der Waals surface area contributed by atoms with Crippen molar-refractivity contribution in [3.05, 3.63) is 83.6 Å². The zero-order valence-electron chi connectivity index (χ0n) is 23.0. The van der Waals surface area contributed by atoms with Gasteiger partial charge < -0.3 is 4.40 Å². The maximum absolute atomic E-state index is 2.64. The lowest BCUT2D eigenvalue weighted by Crippen LogP contribution is -2.29. The number of benzene rings is 4. The number of para-hydroxylation sites is 1. The zero-order valence-corrected chi connectivity index (χ0v) is 23.0. The number of aryl methyl sites for hydroxylation is 2. The first kappa shape index (κ1) is 22.5. The molecule has 0 saturated carbocycles. The van der Waals surface area contributed by atoms with E-state index in [9.17, 15) is 0 Å². The first-order chi connectivity index (χ1) is 17.7. The number of aromatic nitrogens is 2. The van der Waals surface area contributed by atoms with Crippen molar-refractivity contribution in [1.82, 2.24) is 4.40 Å². The minimum absolute atomic E-state index is 0.155. The molecule has 37 heavy (non-hydrogen) atoms. The van der Waals surface area contributed by atoms with Gasteiger partial charge in [0.15, 0.2) is 6.20 Å². The van der Waals surface area contributed by atoms with E-state index in [1.54, 1.807) is 0 Å². The number of rotatable bonds is 2. The SMILES string of the molecule is Cc1c2ccccc2c(CC(C)(C)C)c2c1c1c3c(cc[n+]1C)cc(C(C)C)c1c4ccccc4n2c13. The average molecular weight is 484 g/mol. The van der Waals surface area contributed by atoms with E-state index in [0.717, 1.165) is 6.42 Å². The van der Waals surface area contributed by atoms with Crippen molar-refractivity contribution in [2.24, 2.45) is 12.5 Å². The molecule has 0 unspecified atom stereocenters. The number of hydrogen-bond acceptors (Lipinski definition) is 0. The molecule has 0 N–H and O–H groups in total. The van der Waals surface area contributed by atoms with Crippen LogP contribution in [0.15, 0.2) is 66.9 Å². The summed E-state index contributed by atoms with van der Waals surface area (Å²) in [5.74, 6) is 0.440. The quantitative estimate of drug-likeness (QED) is 0.132. The van der Waals surface area contributed by atoms with E-state index < -0.39 is 0 Å². The van der Waals surface area contributed by atoms with E-state index in [1.807, 2.05) is 0 Å². The third-order valence-electron chi connectivity index (χ3n) is 8.41. The van der Waals surface area contributed by atoms with Crippen molar-refractivity contribution in [3.8, 4) is 0 Å². The summed E-state index contributed by atoms with van der Waals surface area (Å²) in [6.45, 7) is 14.1. The molecular weight excluding hydrogens is 448 g/mol. The molecule has 4 aromatic carbocycles. The molecule has 0 saturated heterocycles. The highest BCUT2D eigenvalue weighted by molar-refractivity contribution is 6.29. The average Bonchev–Trinajstić information content (AvgIpc) is 3.21. The smallest absolute Gasteiger partial charge is 0.224 e. The summed E-state index contributed by atoms with van der Waals surface area (Å²) in [4.78, 5) is 0. The summed E-state index contributed by atoms with van der Waals surface area (Å²) in [5, 5.41) is 9.64. The van der Waals surface area contributed by atoms with Gasteiger partial charge in [0.1, 0.15) is 7.05 Å². The molecular formula is C35H35N2+.